The number of aliphatic carboxylic acids is 2. The fraction of sp³-hybridized carbons (Fsp3) is 0.350. The molecule has 1 atom stereocenters. The maximum absolute atomic E-state index is 12.0. The summed E-state index contributed by atoms with van der Waals surface area (Å²) in [6, 6.07) is 4.37. The highest BCUT2D eigenvalue weighted by Crippen LogP contribution is 2.31. The fourth-order valence-electron chi connectivity index (χ4n) is 3.61. The van der Waals surface area contributed by atoms with Gasteiger partial charge >= 0.3 is 11.9 Å². The molecular formula is C20H24N4O5. The number of carbonyl (C=O) groups excluding carboxylic acids is 1. The maximum Gasteiger partial charge on any atom is 0.328 e. The van der Waals surface area contributed by atoms with E-state index in [9.17, 15) is 19.5 Å². The standard InChI is InChI=1S/C20H24N4O5/c1-2-23-7-9-24(10-8-23)19(20(28)29)15-12-21-16-11-13(3-4-14(15)16)22-17(25)5-6-18(26)27/h3-6,11-12,19,21H,2,7-10H2,1H3,(H,22,25)(H,26,27)(H,28,29)/b6-5+/t19-/m1/s1. The van der Waals surface area contributed by atoms with E-state index in [2.05, 4.69) is 22.1 Å². The molecule has 0 bridgehead atoms. The van der Waals surface area contributed by atoms with Crippen molar-refractivity contribution in [3.05, 3.63) is 42.1 Å². The minimum atomic E-state index is -1.20. The number of amides is 1. The maximum atomic E-state index is 12.0. The molecule has 2 aromatic rings. The Morgan fingerprint density at radius 2 is 1.90 bits per heavy atom. The van der Waals surface area contributed by atoms with Gasteiger partial charge in [-0.3, -0.25) is 14.5 Å². The fourth-order valence-corrected chi connectivity index (χ4v) is 3.61. The van der Waals surface area contributed by atoms with E-state index in [1.54, 1.807) is 24.4 Å². The molecule has 1 amide bonds. The molecule has 1 saturated heterocycles. The Hall–Kier alpha value is -3.17. The number of likely N-dealkylation sites (N-methyl/N-ethyl adjacent to an activating group) is 1. The van der Waals surface area contributed by atoms with E-state index in [1.165, 1.54) is 0 Å². The lowest BCUT2D eigenvalue weighted by Crippen LogP contribution is -2.49. The van der Waals surface area contributed by atoms with Crippen LogP contribution in [0.3, 0.4) is 0 Å². The second-order valence-corrected chi connectivity index (χ2v) is 6.88. The molecule has 0 saturated carbocycles. The number of aromatic amines is 1. The number of aromatic nitrogens is 1. The summed E-state index contributed by atoms with van der Waals surface area (Å²) in [6.07, 6.45) is 3.39. The SMILES string of the molecule is CCN1CCN([C@@H](C(=O)O)c2c[nH]c3cc(NC(=O)/C=C/C(=O)O)ccc23)CC1. The van der Waals surface area contributed by atoms with Gasteiger partial charge in [0.1, 0.15) is 6.04 Å². The number of hydrogen-bond acceptors (Lipinski definition) is 5. The van der Waals surface area contributed by atoms with Crippen LogP contribution in [0.5, 0.6) is 0 Å². The molecule has 0 spiro atoms. The van der Waals surface area contributed by atoms with Crippen molar-refractivity contribution in [2.24, 2.45) is 0 Å². The highest BCUT2D eigenvalue weighted by Gasteiger charge is 2.31. The molecule has 29 heavy (non-hydrogen) atoms. The van der Waals surface area contributed by atoms with Gasteiger partial charge in [0, 0.05) is 66.7 Å². The molecular weight excluding hydrogens is 376 g/mol. The second kappa shape index (κ2) is 8.89. The smallest absolute Gasteiger partial charge is 0.328 e. The first-order valence-corrected chi connectivity index (χ1v) is 9.41. The predicted octanol–water partition coefficient (Wildman–Crippen LogP) is 1.51. The molecule has 9 heteroatoms. The van der Waals surface area contributed by atoms with Crippen LogP contribution in [0.25, 0.3) is 10.9 Å². The van der Waals surface area contributed by atoms with E-state index in [4.69, 9.17) is 5.11 Å². The molecule has 9 nitrogen and oxygen atoms in total. The van der Waals surface area contributed by atoms with Crippen molar-refractivity contribution in [2.45, 2.75) is 13.0 Å². The van der Waals surface area contributed by atoms with Crippen molar-refractivity contribution in [1.29, 1.82) is 0 Å². The summed E-state index contributed by atoms with van der Waals surface area (Å²) in [7, 11) is 0. The summed E-state index contributed by atoms with van der Waals surface area (Å²) in [4.78, 5) is 41.6. The monoisotopic (exact) mass is 400 g/mol. The van der Waals surface area contributed by atoms with E-state index in [0.29, 0.717) is 29.9 Å². The van der Waals surface area contributed by atoms with E-state index >= 15 is 0 Å². The Bertz CT molecular complexity index is 943. The first-order valence-electron chi connectivity index (χ1n) is 9.41. The third kappa shape index (κ3) is 4.82. The molecule has 1 aromatic heterocycles. The van der Waals surface area contributed by atoms with Crippen LogP contribution in [-0.2, 0) is 14.4 Å². The van der Waals surface area contributed by atoms with Gasteiger partial charge in [0.05, 0.1) is 0 Å². The van der Waals surface area contributed by atoms with Crippen molar-refractivity contribution in [3.63, 3.8) is 0 Å². The average Bonchev–Trinajstić information content (AvgIpc) is 3.09. The zero-order chi connectivity index (χ0) is 21.0. The summed E-state index contributed by atoms with van der Waals surface area (Å²) in [6.45, 7) is 6.08. The molecule has 1 aliphatic heterocycles. The summed E-state index contributed by atoms with van der Waals surface area (Å²) in [5.74, 6) is -2.66. The van der Waals surface area contributed by atoms with Crippen LogP contribution >= 0.6 is 0 Å². The Kier molecular flexibility index (Phi) is 6.30. The third-order valence-corrected chi connectivity index (χ3v) is 5.11. The largest absolute Gasteiger partial charge is 0.480 e. The van der Waals surface area contributed by atoms with Gasteiger partial charge in [0.25, 0.3) is 0 Å². The normalized spacial score (nSPS) is 16.9. The van der Waals surface area contributed by atoms with Crippen LogP contribution in [0.4, 0.5) is 5.69 Å². The van der Waals surface area contributed by atoms with Crippen molar-refractivity contribution in [3.8, 4) is 0 Å². The Labute approximate surface area is 167 Å². The van der Waals surface area contributed by atoms with Crippen molar-refractivity contribution < 1.29 is 24.6 Å². The predicted molar refractivity (Wildman–Crippen MR) is 108 cm³/mol. The molecule has 2 heterocycles. The van der Waals surface area contributed by atoms with Gasteiger partial charge < -0.3 is 25.4 Å². The Morgan fingerprint density at radius 1 is 1.17 bits per heavy atom. The molecule has 3 rings (SSSR count). The van der Waals surface area contributed by atoms with E-state index in [1.807, 2.05) is 4.90 Å². The Morgan fingerprint density at radius 3 is 2.52 bits per heavy atom. The number of fused-ring (bicyclic) bond motifs is 1. The summed E-state index contributed by atoms with van der Waals surface area (Å²) in [5, 5.41) is 21.8. The number of H-pyrrole nitrogens is 1. The second-order valence-electron chi connectivity index (χ2n) is 6.88. The number of carboxylic acids is 2. The topological polar surface area (TPSA) is 126 Å². The lowest BCUT2D eigenvalue weighted by Gasteiger charge is -2.37. The Balaban J connectivity index is 1.81. The van der Waals surface area contributed by atoms with Crippen LogP contribution in [0.1, 0.15) is 18.5 Å². The number of anilines is 1. The van der Waals surface area contributed by atoms with Gasteiger partial charge in [-0.15, -0.1) is 0 Å². The van der Waals surface area contributed by atoms with Crippen LogP contribution < -0.4 is 5.32 Å². The van der Waals surface area contributed by atoms with Crippen molar-refractivity contribution >= 4 is 34.4 Å². The highest BCUT2D eigenvalue weighted by molar-refractivity contribution is 6.03. The summed E-state index contributed by atoms with van der Waals surface area (Å²) in [5.41, 5.74) is 1.86. The number of nitrogens with one attached hydrogen (secondary N) is 2. The molecule has 154 valence electrons. The van der Waals surface area contributed by atoms with Gasteiger partial charge in [-0.1, -0.05) is 13.0 Å². The van der Waals surface area contributed by atoms with Crippen molar-refractivity contribution in [1.82, 2.24) is 14.8 Å². The van der Waals surface area contributed by atoms with E-state index in [-0.39, 0.29) is 0 Å². The van der Waals surface area contributed by atoms with Gasteiger partial charge in [-0.2, -0.15) is 0 Å². The van der Waals surface area contributed by atoms with E-state index < -0.39 is 23.9 Å². The molecule has 1 aromatic carbocycles. The molecule has 1 fully saturated rings. The average molecular weight is 400 g/mol. The van der Waals surface area contributed by atoms with Gasteiger partial charge in [0.2, 0.25) is 5.91 Å². The van der Waals surface area contributed by atoms with Gasteiger partial charge in [-0.05, 0) is 18.7 Å². The summed E-state index contributed by atoms with van der Waals surface area (Å²) >= 11 is 0. The van der Waals surface area contributed by atoms with Crippen LogP contribution in [0, 0.1) is 0 Å². The van der Waals surface area contributed by atoms with Crippen molar-refractivity contribution in [2.75, 3.05) is 38.0 Å². The minimum absolute atomic E-state index is 0.481. The van der Waals surface area contributed by atoms with Crippen LogP contribution in [0.15, 0.2) is 36.5 Å². The van der Waals surface area contributed by atoms with Crippen LogP contribution in [-0.4, -0.2) is 75.6 Å². The number of carboxylic acid groups (broad SMARTS) is 2. The lowest BCUT2D eigenvalue weighted by molar-refractivity contribution is -0.144. The molecule has 1 aliphatic rings. The number of benzene rings is 1. The van der Waals surface area contributed by atoms with Gasteiger partial charge in [0.15, 0.2) is 0 Å². The van der Waals surface area contributed by atoms with Gasteiger partial charge in [-0.25, -0.2) is 4.79 Å². The first-order chi connectivity index (χ1) is 13.9. The lowest BCUT2D eigenvalue weighted by atomic mass is 10.0. The highest BCUT2D eigenvalue weighted by atomic mass is 16.4. The molecule has 0 unspecified atom stereocenters. The molecule has 0 radical (unpaired) electrons. The number of piperazine rings is 1. The molecule has 4 N–H and O–H groups in total. The zero-order valence-corrected chi connectivity index (χ0v) is 16.1. The first kappa shape index (κ1) is 20.6. The van der Waals surface area contributed by atoms with Crippen LogP contribution in [0.2, 0.25) is 0 Å². The number of nitrogens with zero attached hydrogens (tertiary/aromatic N) is 2. The summed E-state index contributed by atoms with van der Waals surface area (Å²) < 4.78 is 0. The minimum Gasteiger partial charge on any atom is -0.480 e. The number of rotatable bonds is 7. The molecule has 0 aliphatic carbocycles. The quantitative estimate of drug-likeness (QED) is 0.519. The van der Waals surface area contributed by atoms with E-state index in [0.717, 1.165) is 37.2 Å². The zero-order valence-electron chi connectivity index (χ0n) is 16.1. The number of hydrogen-bond donors (Lipinski definition) is 4. The third-order valence-electron chi connectivity index (χ3n) is 5.11. The number of carbonyl (C=O) groups is 3.